The third kappa shape index (κ3) is 2.55. The average Bonchev–Trinajstić information content (AvgIpc) is 3.52. The van der Waals surface area contributed by atoms with Crippen LogP contribution in [-0.2, 0) is 11.3 Å². The number of amides is 1. The molecule has 5 rings (SSSR count). The van der Waals surface area contributed by atoms with Crippen molar-refractivity contribution in [3.63, 3.8) is 0 Å². The van der Waals surface area contributed by atoms with Gasteiger partial charge in [-0.25, -0.2) is 18.9 Å². The van der Waals surface area contributed by atoms with Crippen LogP contribution in [0.3, 0.4) is 0 Å². The van der Waals surface area contributed by atoms with Crippen molar-refractivity contribution >= 4 is 33.1 Å². The summed E-state index contributed by atoms with van der Waals surface area (Å²) >= 11 is 1.65. The van der Waals surface area contributed by atoms with Gasteiger partial charge in [0.15, 0.2) is 5.65 Å². The summed E-state index contributed by atoms with van der Waals surface area (Å²) in [5, 5.41) is 8.38. The van der Waals surface area contributed by atoms with E-state index in [0.717, 1.165) is 34.4 Å². The van der Waals surface area contributed by atoms with Crippen LogP contribution >= 0.6 is 11.3 Å². The molecule has 0 aliphatic heterocycles. The van der Waals surface area contributed by atoms with Gasteiger partial charge in [-0.2, -0.15) is 0 Å². The van der Waals surface area contributed by atoms with Crippen molar-refractivity contribution in [3.8, 4) is 0 Å². The van der Waals surface area contributed by atoms with Crippen LogP contribution in [0.4, 0.5) is 0 Å². The van der Waals surface area contributed by atoms with Gasteiger partial charge in [-0.3, -0.25) is 4.79 Å². The molecule has 3 aromatic rings. The number of aromatic nitrogens is 4. The molecule has 0 saturated heterocycles. The van der Waals surface area contributed by atoms with E-state index in [1.807, 2.05) is 6.92 Å². The predicted molar refractivity (Wildman–Crippen MR) is 99.8 cm³/mol. The molecule has 26 heavy (non-hydrogen) atoms. The zero-order valence-corrected chi connectivity index (χ0v) is 15.7. The largest absolute Gasteiger partial charge is 0.354 e. The molecule has 1 amide bonds. The number of hydrogen-bond acceptors (Lipinski definition) is 5. The molecule has 2 saturated carbocycles. The highest BCUT2D eigenvalue weighted by atomic mass is 32.1. The molecule has 1 N–H and O–H groups in total. The maximum absolute atomic E-state index is 13.0. The van der Waals surface area contributed by atoms with Crippen LogP contribution in [0.2, 0.25) is 0 Å². The van der Waals surface area contributed by atoms with Crippen LogP contribution in [0.5, 0.6) is 0 Å². The number of carbonyl (C=O) groups is 1. The van der Waals surface area contributed by atoms with E-state index in [0.29, 0.717) is 24.0 Å². The highest BCUT2D eigenvalue weighted by Gasteiger charge is 2.31. The van der Waals surface area contributed by atoms with Gasteiger partial charge in [0, 0.05) is 17.3 Å². The van der Waals surface area contributed by atoms with Gasteiger partial charge in [0.1, 0.15) is 17.2 Å². The fourth-order valence-electron chi connectivity index (χ4n) is 3.37. The summed E-state index contributed by atoms with van der Waals surface area (Å²) in [6, 6.07) is 0. The van der Waals surface area contributed by atoms with E-state index in [2.05, 4.69) is 17.3 Å². The fraction of sp³-hybridized carbons (Fsp3) is 0.556. The van der Waals surface area contributed by atoms with Gasteiger partial charge < -0.3 is 5.32 Å². The molecule has 136 valence electrons. The van der Waals surface area contributed by atoms with Gasteiger partial charge >= 0.3 is 5.69 Å². The lowest BCUT2D eigenvalue weighted by Crippen LogP contribution is -2.34. The third-order valence-electron chi connectivity index (χ3n) is 5.40. The summed E-state index contributed by atoms with van der Waals surface area (Å²) in [4.78, 5) is 32.1. The van der Waals surface area contributed by atoms with Crippen LogP contribution in [0.15, 0.2) is 4.79 Å². The normalized spacial score (nSPS) is 17.3. The van der Waals surface area contributed by atoms with E-state index in [4.69, 9.17) is 4.98 Å². The van der Waals surface area contributed by atoms with Crippen molar-refractivity contribution in [1.82, 2.24) is 24.5 Å². The van der Waals surface area contributed by atoms with Crippen LogP contribution in [0.1, 0.15) is 47.9 Å². The van der Waals surface area contributed by atoms with E-state index in [1.165, 1.54) is 22.4 Å². The second kappa shape index (κ2) is 5.64. The van der Waals surface area contributed by atoms with Crippen LogP contribution in [0.25, 0.3) is 15.9 Å². The first-order valence-corrected chi connectivity index (χ1v) is 10.0. The smallest absolute Gasteiger partial charge is 0.352 e. The van der Waals surface area contributed by atoms with Crippen molar-refractivity contribution in [1.29, 1.82) is 0 Å². The average molecular weight is 371 g/mol. The molecule has 0 atom stereocenters. The Morgan fingerprint density at radius 1 is 1.27 bits per heavy atom. The van der Waals surface area contributed by atoms with Crippen LogP contribution < -0.4 is 11.0 Å². The molecule has 3 aromatic heterocycles. The molecule has 3 heterocycles. The number of nitrogens with one attached hydrogen (secondary N) is 1. The van der Waals surface area contributed by atoms with E-state index in [1.54, 1.807) is 15.7 Å². The lowest BCUT2D eigenvalue weighted by atomic mass is 10.2. The first-order valence-electron chi connectivity index (χ1n) is 9.18. The second-order valence-corrected chi connectivity index (χ2v) is 8.76. The number of nitrogens with zero attached hydrogens (tertiary/aromatic N) is 4. The van der Waals surface area contributed by atoms with Crippen molar-refractivity contribution in [2.45, 2.75) is 52.0 Å². The fourth-order valence-corrected chi connectivity index (χ4v) is 4.40. The highest BCUT2D eigenvalue weighted by molar-refractivity contribution is 7.18. The first kappa shape index (κ1) is 16.0. The lowest BCUT2D eigenvalue weighted by molar-refractivity contribution is -0.121. The molecular weight excluding hydrogens is 350 g/mol. The topological polar surface area (TPSA) is 81.3 Å². The maximum Gasteiger partial charge on any atom is 0.352 e. The Balaban J connectivity index is 1.62. The molecule has 0 spiro atoms. The SMILES string of the molecule is Cc1sc2nc(C3CC3)n3c(=O)n(CC(=O)NCC4CC4)nc3c2c1C. The minimum Gasteiger partial charge on any atom is -0.354 e. The van der Waals surface area contributed by atoms with Gasteiger partial charge in [0.05, 0.1) is 5.39 Å². The van der Waals surface area contributed by atoms with E-state index >= 15 is 0 Å². The number of hydrogen-bond donors (Lipinski definition) is 1. The zero-order valence-electron chi connectivity index (χ0n) is 14.9. The number of rotatable bonds is 5. The maximum atomic E-state index is 13.0. The van der Waals surface area contributed by atoms with Crippen molar-refractivity contribution in [2.75, 3.05) is 6.54 Å². The predicted octanol–water partition coefficient (Wildman–Crippen LogP) is 2.13. The molecule has 2 aliphatic rings. The van der Waals surface area contributed by atoms with E-state index < -0.39 is 0 Å². The number of aryl methyl sites for hydroxylation is 2. The zero-order chi connectivity index (χ0) is 18.0. The minimum atomic E-state index is -0.263. The Labute approximate surface area is 154 Å². The van der Waals surface area contributed by atoms with Gasteiger partial charge in [-0.15, -0.1) is 16.4 Å². The molecule has 0 aromatic carbocycles. The summed E-state index contributed by atoms with van der Waals surface area (Å²) in [5.74, 6) is 1.57. The number of thiophene rings is 1. The second-order valence-electron chi connectivity index (χ2n) is 7.55. The first-order chi connectivity index (χ1) is 12.5. The van der Waals surface area contributed by atoms with Crippen LogP contribution in [0, 0.1) is 19.8 Å². The van der Waals surface area contributed by atoms with E-state index in [-0.39, 0.29) is 18.1 Å². The Morgan fingerprint density at radius 2 is 2.04 bits per heavy atom. The van der Waals surface area contributed by atoms with Crippen molar-refractivity contribution in [2.24, 2.45) is 5.92 Å². The summed E-state index contributed by atoms with van der Waals surface area (Å²) < 4.78 is 2.92. The lowest BCUT2D eigenvalue weighted by Gasteiger charge is -2.03. The summed E-state index contributed by atoms with van der Waals surface area (Å²) in [6.45, 7) is 4.76. The van der Waals surface area contributed by atoms with Gasteiger partial charge in [0.2, 0.25) is 5.91 Å². The number of carbonyl (C=O) groups excluding carboxylic acids is 1. The van der Waals surface area contributed by atoms with Gasteiger partial charge in [0.25, 0.3) is 0 Å². The summed E-state index contributed by atoms with van der Waals surface area (Å²) in [5.41, 5.74) is 1.49. The molecule has 7 nitrogen and oxygen atoms in total. The van der Waals surface area contributed by atoms with Gasteiger partial charge in [-0.05, 0) is 51.0 Å². The Morgan fingerprint density at radius 3 is 2.73 bits per heavy atom. The standard InChI is InChI=1S/C18H21N5O2S/c1-9-10(2)26-17-14(9)16-21-22(8-13(24)19-7-11-3-4-11)18(25)23(16)15(20-17)12-5-6-12/h11-12H,3-8H2,1-2H3,(H,19,24). The molecule has 2 fully saturated rings. The Bertz CT molecular complexity index is 1100. The molecule has 8 heteroatoms. The van der Waals surface area contributed by atoms with Crippen LogP contribution in [-0.4, -0.2) is 31.6 Å². The Kier molecular flexibility index (Phi) is 3.47. The monoisotopic (exact) mass is 371 g/mol. The molecule has 2 aliphatic carbocycles. The van der Waals surface area contributed by atoms with Crippen molar-refractivity contribution < 1.29 is 4.79 Å². The third-order valence-corrected chi connectivity index (χ3v) is 6.50. The minimum absolute atomic E-state index is 0.0407. The molecule has 0 bridgehead atoms. The van der Waals surface area contributed by atoms with Gasteiger partial charge in [-0.1, -0.05) is 0 Å². The molecular formula is C18H21N5O2S. The number of fused-ring (bicyclic) bond motifs is 3. The summed E-state index contributed by atoms with van der Waals surface area (Å²) in [7, 11) is 0. The molecule has 0 radical (unpaired) electrons. The molecule has 0 unspecified atom stereocenters. The summed E-state index contributed by atoms with van der Waals surface area (Å²) in [6.07, 6.45) is 4.46. The highest BCUT2D eigenvalue weighted by Crippen LogP contribution is 2.41. The van der Waals surface area contributed by atoms with E-state index in [9.17, 15) is 9.59 Å². The Hall–Kier alpha value is -2.22. The van der Waals surface area contributed by atoms with Crippen molar-refractivity contribution in [3.05, 3.63) is 26.7 Å². The quantitative estimate of drug-likeness (QED) is 0.745.